The van der Waals surface area contributed by atoms with Crippen LogP contribution in [0.15, 0.2) is 30.3 Å². The van der Waals surface area contributed by atoms with E-state index in [2.05, 4.69) is 10.2 Å². The molecule has 0 unspecified atom stereocenters. The average molecular weight is 379 g/mol. The molecule has 1 heterocycles. The monoisotopic (exact) mass is 378 g/mol. The molecule has 128 valence electrons. The van der Waals surface area contributed by atoms with Gasteiger partial charge in [0.2, 0.25) is 0 Å². The summed E-state index contributed by atoms with van der Waals surface area (Å²) in [5.74, 6) is 0.549. The third-order valence-corrected chi connectivity index (χ3v) is 4.35. The summed E-state index contributed by atoms with van der Waals surface area (Å²) in [6.07, 6.45) is 0.329. The highest BCUT2D eigenvalue weighted by Crippen LogP contribution is 2.35. The summed E-state index contributed by atoms with van der Waals surface area (Å²) in [4.78, 5) is 10.6. The second kappa shape index (κ2) is 6.70. The lowest BCUT2D eigenvalue weighted by Gasteiger charge is -2.10. The second-order valence-corrected chi connectivity index (χ2v) is 6.03. The summed E-state index contributed by atoms with van der Waals surface area (Å²) < 4.78 is 5.13. The van der Waals surface area contributed by atoms with Crippen LogP contribution in [0.25, 0.3) is 10.8 Å². The van der Waals surface area contributed by atoms with Gasteiger partial charge in [0, 0.05) is 23.3 Å². The lowest BCUT2D eigenvalue weighted by atomic mass is 10.0. The van der Waals surface area contributed by atoms with E-state index < -0.39 is 4.92 Å². The molecule has 2 N–H and O–H groups in total. The number of hydrogen-bond donors (Lipinski definition) is 1. The quantitative estimate of drug-likeness (QED) is 0.417. The van der Waals surface area contributed by atoms with Gasteiger partial charge in [0.05, 0.1) is 22.7 Å². The zero-order valence-corrected chi connectivity index (χ0v) is 14.5. The van der Waals surface area contributed by atoms with Gasteiger partial charge >= 0.3 is 0 Å². The van der Waals surface area contributed by atoms with Gasteiger partial charge in [-0.3, -0.25) is 10.1 Å². The highest BCUT2D eigenvalue weighted by atomic mass is 35.5. The number of benzene rings is 2. The van der Waals surface area contributed by atoms with Gasteiger partial charge in [-0.25, -0.2) is 0 Å². The van der Waals surface area contributed by atoms with Crippen LogP contribution in [0.2, 0.25) is 10.2 Å². The van der Waals surface area contributed by atoms with Gasteiger partial charge in [-0.1, -0.05) is 29.3 Å². The summed E-state index contributed by atoms with van der Waals surface area (Å²) in [6.45, 7) is 0. The lowest BCUT2D eigenvalue weighted by molar-refractivity contribution is -0.383. The van der Waals surface area contributed by atoms with Crippen molar-refractivity contribution in [2.24, 2.45) is 0 Å². The van der Waals surface area contributed by atoms with E-state index in [9.17, 15) is 10.1 Å². The lowest BCUT2D eigenvalue weighted by Crippen LogP contribution is -2.03. The van der Waals surface area contributed by atoms with Crippen LogP contribution in [0.4, 0.5) is 11.4 Å². The second-order valence-electron chi connectivity index (χ2n) is 5.26. The van der Waals surface area contributed by atoms with Crippen molar-refractivity contribution in [3.8, 4) is 5.75 Å². The predicted molar refractivity (Wildman–Crippen MR) is 96.4 cm³/mol. The number of nitro groups is 1. The number of nitrogen functional groups attached to an aromatic ring is 1. The Morgan fingerprint density at radius 3 is 2.64 bits per heavy atom. The van der Waals surface area contributed by atoms with Crippen molar-refractivity contribution in [1.82, 2.24) is 10.2 Å². The molecule has 25 heavy (non-hydrogen) atoms. The van der Waals surface area contributed by atoms with Crippen LogP contribution in [0.1, 0.15) is 11.3 Å². The van der Waals surface area contributed by atoms with Gasteiger partial charge in [0.1, 0.15) is 11.4 Å². The normalized spacial score (nSPS) is 10.8. The number of halogens is 2. The number of nitrogens with zero attached hydrogens (tertiary/aromatic N) is 3. The average Bonchev–Trinajstić information content (AvgIpc) is 2.57. The fraction of sp³-hybridized carbons (Fsp3) is 0.125. The van der Waals surface area contributed by atoms with Gasteiger partial charge in [-0.2, -0.15) is 5.10 Å². The highest BCUT2D eigenvalue weighted by molar-refractivity contribution is 6.34. The molecule has 1 aromatic heterocycles. The molecule has 3 rings (SSSR count). The first-order chi connectivity index (χ1) is 11.9. The minimum atomic E-state index is -0.545. The van der Waals surface area contributed by atoms with E-state index in [-0.39, 0.29) is 16.5 Å². The number of aromatic nitrogens is 2. The Kier molecular flexibility index (Phi) is 4.61. The molecule has 0 fully saturated rings. The van der Waals surface area contributed by atoms with Crippen LogP contribution < -0.4 is 10.5 Å². The van der Waals surface area contributed by atoms with Crippen molar-refractivity contribution in [2.75, 3.05) is 12.8 Å². The molecular formula is C16H12Cl2N4O3. The third kappa shape index (κ3) is 3.16. The standard InChI is InChI=1S/C16H12Cl2N4O3/c1-25-13-5-2-8(6-10(13)17)7-11-14-9(16(18)21-20-11)3-4-12(15(14)19)22(23)24/h2-6H,7,19H2,1H3. The molecule has 0 spiro atoms. The van der Waals surface area contributed by atoms with Crippen LogP contribution in [0.3, 0.4) is 0 Å². The first kappa shape index (κ1) is 17.2. The molecule has 0 atom stereocenters. The SMILES string of the molecule is COc1ccc(Cc2nnc(Cl)c3ccc([N+](=O)[O-])c(N)c23)cc1Cl. The smallest absolute Gasteiger partial charge is 0.292 e. The van der Waals surface area contributed by atoms with E-state index in [1.807, 2.05) is 6.07 Å². The minimum Gasteiger partial charge on any atom is -0.495 e. The molecule has 0 aliphatic carbocycles. The Morgan fingerprint density at radius 2 is 2.00 bits per heavy atom. The summed E-state index contributed by atoms with van der Waals surface area (Å²) in [7, 11) is 1.53. The van der Waals surface area contributed by atoms with Gasteiger partial charge in [0.25, 0.3) is 5.69 Å². The summed E-state index contributed by atoms with van der Waals surface area (Å²) in [5, 5.41) is 20.7. The Bertz CT molecular complexity index is 995. The van der Waals surface area contributed by atoms with Crippen molar-refractivity contribution in [2.45, 2.75) is 6.42 Å². The van der Waals surface area contributed by atoms with Crippen molar-refractivity contribution >= 4 is 45.3 Å². The van der Waals surface area contributed by atoms with E-state index in [0.717, 1.165) is 5.56 Å². The third-order valence-electron chi connectivity index (χ3n) is 3.78. The molecular weight excluding hydrogens is 367 g/mol. The summed E-state index contributed by atoms with van der Waals surface area (Å²) >= 11 is 12.2. The fourth-order valence-corrected chi connectivity index (χ4v) is 3.07. The van der Waals surface area contributed by atoms with Gasteiger partial charge in [-0.05, 0) is 23.8 Å². The Balaban J connectivity index is 2.16. The zero-order valence-electron chi connectivity index (χ0n) is 13.0. The van der Waals surface area contributed by atoms with Gasteiger partial charge < -0.3 is 10.5 Å². The maximum Gasteiger partial charge on any atom is 0.292 e. The summed E-state index contributed by atoms with van der Waals surface area (Å²) in [6, 6.07) is 8.11. The van der Waals surface area contributed by atoms with Gasteiger partial charge in [-0.15, -0.1) is 5.10 Å². The number of anilines is 1. The molecule has 7 nitrogen and oxygen atoms in total. The highest BCUT2D eigenvalue weighted by Gasteiger charge is 2.20. The maximum absolute atomic E-state index is 11.2. The van der Waals surface area contributed by atoms with Crippen molar-refractivity contribution < 1.29 is 9.66 Å². The number of methoxy groups -OCH3 is 1. The molecule has 0 amide bonds. The van der Waals surface area contributed by atoms with Gasteiger partial charge in [0.15, 0.2) is 5.15 Å². The van der Waals surface area contributed by atoms with Crippen molar-refractivity contribution in [3.63, 3.8) is 0 Å². The topological polar surface area (TPSA) is 104 Å². The first-order valence-corrected chi connectivity index (χ1v) is 7.88. The van der Waals surface area contributed by atoms with Crippen LogP contribution >= 0.6 is 23.2 Å². The Hall–Kier alpha value is -2.64. The number of nitrogens with two attached hydrogens (primary N) is 1. The maximum atomic E-state index is 11.2. The molecule has 0 saturated carbocycles. The molecule has 0 bridgehead atoms. The molecule has 0 radical (unpaired) electrons. The largest absolute Gasteiger partial charge is 0.495 e. The first-order valence-electron chi connectivity index (χ1n) is 7.12. The number of rotatable bonds is 4. The van der Waals surface area contributed by atoms with Crippen LogP contribution in [0, 0.1) is 10.1 Å². The molecule has 0 aliphatic rings. The number of hydrogen-bond acceptors (Lipinski definition) is 6. The molecule has 3 aromatic rings. The molecule has 9 heteroatoms. The predicted octanol–water partition coefficient (Wildman–Crippen LogP) is 4.03. The zero-order chi connectivity index (χ0) is 18.1. The van der Waals surface area contributed by atoms with Crippen molar-refractivity contribution in [1.29, 1.82) is 0 Å². The Labute approximate surface area is 152 Å². The van der Waals surface area contributed by atoms with E-state index in [1.54, 1.807) is 12.1 Å². The van der Waals surface area contributed by atoms with Crippen LogP contribution in [-0.4, -0.2) is 22.2 Å². The minimum absolute atomic E-state index is 0.00825. The van der Waals surface area contributed by atoms with Crippen molar-refractivity contribution in [3.05, 3.63) is 61.9 Å². The van der Waals surface area contributed by atoms with Crippen LogP contribution in [-0.2, 0) is 6.42 Å². The van der Waals surface area contributed by atoms with E-state index in [4.69, 9.17) is 33.7 Å². The van der Waals surface area contributed by atoms with E-state index in [1.165, 1.54) is 19.2 Å². The van der Waals surface area contributed by atoms with E-state index in [0.29, 0.717) is 33.7 Å². The number of fused-ring (bicyclic) bond motifs is 1. The number of nitro benzene ring substituents is 1. The Morgan fingerprint density at radius 1 is 1.24 bits per heavy atom. The number of ether oxygens (including phenoxy) is 1. The summed E-state index contributed by atoms with van der Waals surface area (Å²) in [5.41, 5.74) is 7.11. The van der Waals surface area contributed by atoms with E-state index >= 15 is 0 Å². The molecule has 0 aliphatic heterocycles. The molecule has 2 aromatic carbocycles. The molecule has 0 saturated heterocycles. The van der Waals surface area contributed by atoms with Crippen LogP contribution in [0.5, 0.6) is 5.75 Å². The fourth-order valence-electron chi connectivity index (χ4n) is 2.60.